The molecule has 2 heterocycles. The maximum Gasteiger partial charge on any atom is 0.337 e. The second-order valence-electron chi connectivity index (χ2n) is 21.6. The highest BCUT2D eigenvalue weighted by atomic mass is 16.5. The summed E-state index contributed by atoms with van der Waals surface area (Å²) in [7, 11) is 1.39. The summed E-state index contributed by atoms with van der Waals surface area (Å²) in [6, 6.07) is 7.17. The van der Waals surface area contributed by atoms with Crippen LogP contribution >= 0.6 is 0 Å². The molecule has 1 aliphatic heterocycles. The highest BCUT2D eigenvalue weighted by Crippen LogP contribution is 2.75. The van der Waals surface area contributed by atoms with E-state index in [0.29, 0.717) is 43.0 Å². The lowest BCUT2D eigenvalue weighted by molar-refractivity contribution is -0.253. The Hall–Kier alpha value is -3.08. The van der Waals surface area contributed by atoms with Crippen molar-refractivity contribution in [1.29, 1.82) is 0 Å². The smallest absolute Gasteiger partial charge is 0.337 e. The van der Waals surface area contributed by atoms with Crippen LogP contribution in [0.25, 0.3) is 11.4 Å². The monoisotopic (exact) mass is 787 g/mol. The van der Waals surface area contributed by atoms with Gasteiger partial charge in [0, 0.05) is 21.9 Å². The van der Waals surface area contributed by atoms with Crippen LogP contribution < -0.4 is 5.73 Å². The van der Waals surface area contributed by atoms with Gasteiger partial charge in [-0.1, -0.05) is 93.0 Å². The fraction of sp³-hybridized carbons (Fsp3) is 0.745. The summed E-state index contributed by atoms with van der Waals surface area (Å²) in [5.41, 5.74) is 7.47. The number of aromatic nitrogens is 3. The molecule has 0 unspecified atom stereocenters. The number of rotatable bonds is 9. The van der Waals surface area contributed by atoms with Gasteiger partial charge < -0.3 is 25.1 Å². The van der Waals surface area contributed by atoms with Crippen molar-refractivity contribution in [2.75, 3.05) is 26.9 Å². The van der Waals surface area contributed by atoms with Gasteiger partial charge in [-0.2, -0.15) is 5.10 Å². The van der Waals surface area contributed by atoms with Gasteiger partial charge in [0.2, 0.25) is 0 Å². The summed E-state index contributed by atoms with van der Waals surface area (Å²) in [5.74, 6) is 0.455. The maximum atomic E-state index is 13.6. The van der Waals surface area contributed by atoms with Gasteiger partial charge >= 0.3 is 11.9 Å². The van der Waals surface area contributed by atoms with Crippen LogP contribution in [-0.2, 0) is 19.0 Å². The molecule has 314 valence electrons. The normalized spacial score (nSPS) is 39.2. The molecule has 2 bridgehead atoms. The van der Waals surface area contributed by atoms with Gasteiger partial charge in [-0.15, -0.1) is 0 Å². The molecule has 1 aromatic carbocycles. The van der Waals surface area contributed by atoms with Crippen LogP contribution in [0, 0.1) is 62.1 Å². The van der Waals surface area contributed by atoms with Gasteiger partial charge in [0.15, 0.2) is 5.82 Å². The number of carboxylic acid groups (broad SMARTS) is 1. The SMILES string of the molecule is COC(=O)c1ccc(-c2ncnn2[C@@H]2C[C@@]34COC[C@](C)([C@@H]3CC[C@H]3C4=CC[C@@]4(C)[C@H](C(=O)O)[C@@](C)([C@H](C)C(C)C)CC[C@]34C)[C@H]2OC[C@](C)(N)C(C)(C)C)cc1. The van der Waals surface area contributed by atoms with Crippen molar-refractivity contribution >= 4 is 11.9 Å². The lowest BCUT2D eigenvalue weighted by Gasteiger charge is -2.71. The molecule has 12 atom stereocenters. The van der Waals surface area contributed by atoms with E-state index in [9.17, 15) is 14.7 Å². The topological polar surface area (TPSA) is 139 Å². The van der Waals surface area contributed by atoms with E-state index in [2.05, 4.69) is 86.9 Å². The molecule has 1 aromatic heterocycles. The lowest BCUT2D eigenvalue weighted by atomic mass is 9.34. The molecule has 10 nitrogen and oxygen atoms in total. The van der Waals surface area contributed by atoms with Crippen LogP contribution in [0.3, 0.4) is 0 Å². The van der Waals surface area contributed by atoms with Crippen molar-refractivity contribution < 1.29 is 28.9 Å². The van der Waals surface area contributed by atoms with Crippen LogP contribution in [0.4, 0.5) is 0 Å². The first-order chi connectivity index (χ1) is 26.5. The zero-order valence-electron chi connectivity index (χ0n) is 36.8. The zero-order valence-corrected chi connectivity index (χ0v) is 36.8. The van der Waals surface area contributed by atoms with E-state index in [1.54, 1.807) is 18.5 Å². The highest BCUT2D eigenvalue weighted by molar-refractivity contribution is 5.89. The molecule has 4 fully saturated rings. The Morgan fingerprint density at radius 3 is 2.32 bits per heavy atom. The van der Waals surface area contributed by atoms with Gasteiger partial charge in [0.1, 0.15) is 6.33 Å². The van der Waals surface area contributed by atoms with E-state index >= 15 is 0 Å². The number of nitrogens with two attached hydrogens (primary N) is 1. The van der Waals surface area contributed by atoms with E-state index in [-0.39, 0.29) is 57.0 Å². The minimum atomic E-state index is -0.645. The van der Waals surface area contributed by atoms with E-state index in [1.807, 2.05) is 12.1 Å². The van der Waals surface area contributed by atoms with Gasteiger partial charge in [0.25, 0.3) is 0 Å². The molecule has 3 saturated carbocycles. The number of ether oxygens (including phenoxy) is 3. The van der Waals surface area contributed by atoms with Gasteiger partial charge in [-0.05, 0) is 103 Å². The van der Waals surface area contributed by atoms with Crippen molar-refractivity contribution in [3.63, 3.8) is 0 Å². The molecule has 0 spiro atoms. The fourth-order valence-electron chi connectivity index (χ4n) is 13.2. The van der Waals surface area contributed by atoms with Crippen molar-refractivity contribution in [1.82, 2.24) is 14.8 Å². The van der Waals surface area contributed by atoms with Crippen molar-refractivity contribution in [3.05, 3.63) is 47.8 Å². The molecule has 4 aliphatic carbocycles. The van der Waals surface area contributed by atoms with Crippen molar-refractivity contribution in [2.24, 2.45) is 67.8 Å². The summed E-state index contributed by atoms with van der Waals surface area (Å²) >= 11 is 0. The Morgan fingerprint density at radius 1 is 1.02 bits per heavy atom. The quantitative estimate of drug-likeness (QED) is 0.188. The first-order valence-electron chi connectivity index (χ1n) is 21.5. The van der Waals surface area contributed by atoms with E-state index in [0.717, 1.165) is 44.1 Å². The molecule has 2 aromatic rings. The number of carboxylic acids is 1. The Morgan fingerprint density at radius 2 is 1.70 bits per heavy atom. The standard InChI is InChI=1S/C47H70N4O6/c1-28(2)29(3)42(7)21-22-44(9)32-17-18-35-43(8)24-56-26-47(35,33(32)19-20-45(44,10)36(42)39(52)53)23-34(37(43)57-25-46(11,48)41(4,5)6)51-38(49-27-50-51)30-13-15-31(16-14-30)40(54)55-12/h13-16,19,27-29,32,34-37H,17-18,20-26,48H2,1-12H3,(H,52,53)/t29-,32+,34-,35+,36-,37+,42-,43-,44-,45+,46+,47+/m1/s1. The molecule has 10 heteroatoms. The number of hydrogen-bond acceptors (Lipinski definition) is 8. The number of nitrogens with zero attached hydrogens (tertiary/aromatic N) is 3. The summed E-state index contributed by atoms with van der Waals surface area (Å²) in [4.78, 5) is 30.8. The Bertz CT molecular complexity index is 1900. The van der Waals surface area contributed by atoms with Gasteiger partial charge in [-0.25, -0.2) is 14.5 Å². The molecular weight excluding hydrogens is 717 g/mol. The fourth-order valence-corrected chi connectivity index (χ4v) is 13.2. The Kier molecular flexibility index (Phi) is 10.3. The van der Waals surface area contributed by atoms with E-state index in [4.69, 9.17) is 30.0 Å². The predicted octanol–water partition coefficient (Wildman–Crippen LogP) is 9.01. The number of fused-ring (bicyclic) bond motifs is 3. The first kappa shape index (κ1) is 42.1. The van der Waals surface area contributed by atoms with Crippen LogP contribution in [0.5, 0.6) is 0 Å². The molecule has 1 saturated heterocycles. The number of esters is 1. The number of aliphatic carboxylic acids is 1. The summed E-state index contributed by atoms with van der Waals surface area (Å²) in [5, 5.41) is 16.2. The summed E-state index contributed by atoms with van der Waals surface area (Å²) in [6.07, 6.45) is 9.30. The molecular formula is C47H70N4O6. The number of allylic oxidation sites excluding steroid dienone is 1. The number of methoxy groups -OCH3 is 1. The summed E-state index contributed by atoms with van der Waals surface area (Å²) in [6.45, 7) is 26.3. The number of benzene rings is 1. The molecule has 0 radical (unpaired) electrons. The van der Waals surface area contributed by atoms with Crippen LogP contribution in [0.15, 0.2) is 42.2 Å². The Balaban J connectivity index is 1.35. The predicted molar refractivity (Wildman–Crippen MR) is 221 cm³/mol. The number of carbonyl (C=O) groups is 2. The molecule has 3 N–H and O–H groups in total. The second-order valence-corrected chi connectivity index (χ2v) is 21.6. The van der Waals surface area contributed by atoms with Crippen molar-refractivity contribution in [3.8, 4) is 11.4 Å². The second kappa shape index (κ2) is 14.0. The minimum Gasteiger partial charge on any atom is -0.481 e. The van der Waals surface area contributed by atoms with E-state index in [1.165, 1.54) is 12.7 Å². The zero-order chi connectivity index (χ0) is 41.7. The third-order valence-electron chi connectivity index (χ3n) is 17.8. The maximum absolute atomic E-state index is 13.6. The van der Waals surface area contributed by atoms with Gasteiger partial charge in [0.05, 0.1) is 50.6 Å². The largest absolute Gasteiger partial charge is 0.481 e. The number of carbonyl (C=O) groups excluding carboxylic acids is 1. The van der Waals surface area contributed by atoms with Crippen molar-refractivity contribution in [2.45, 2.75) is 132 Å². The van der Waals surface area contributed by atoms with Crippen LogP contribution in [0.1, 0.15) is 131 Å². The Labute approximate surface area is 341 Å². The highest BCUT2D eigenvalue weighted by Gasteiger charge is 2.72. The van der Waals surface area contributed by atoms with Crippen LogP contribution in [-0.4, -0.2) is 70.4 Å². The molecule has 5 aliphatic rings. The number of hydrogen-bond donors (Lipinski definition) is 2. The lowest BCUT2D eigenvalue weighted by Crippen LogP contribution is -2.69. The third-order valence-corrected chi connectivity index (χ3v) is 17.8. The average Bonchev–Trinajstić information content (AvgIpc) is 3.63. The average molecular weight is 787 g/mol. The minimum absolute atomic E-state index is 0.194. The molecule has 57 heavy (non-hydrogen) atoms. The third kappa shape index (κ3) is 6.10. The first-order valence-corrected chi connectivity index (χ1v) is 21.5. The molecule has 7 rings (SSSR count). The van der Waals surface area contributed by atoms with E-state index < -0.39 is 22.8 Å². The molecule has 0 amide bonds. The summed E-state index contributed by atoms with van der Waals surface area (Å²) < 4.78 is 21.1. The van der Waals surface area contributed by atoms with Crippen LogP contribution in [0.2, 0.25) is 0 Å². The van der Waals surface area contributed by atoms with Gasteiger partial charge in [-0.3, -0.25) is 4.79 Å².